The van der Waals surface area contributed by atoms with Crippen LogP contribution < -0.4 is 5.32 Å². The Morgan fingerprint density at radius 2 is 1.88 bits per heavy atom. The minimum atomic E-state index is -4.16. The van der Waals surface area contributed by atoms with Gasteiger partial charge in [0.25, 0.3) is 0 Å². The molecule has 1 unspecified atom stereocenters. The monoisotopic (exact) mass is 257 g/mol. The van der Waals surface area contributed by atoms with E-state index in [2.05, 4.69) is 12.2 Å². The molecule has 0 saturated carbocycles. The first-order valence-electron chi connectivity index (χ1n) is 5.92. The van der Waals surface area contributed by atoms with Gasteiger partial charge in [0.1, 0.15) is 0 Å². The van der Waals surface area contributed by atoms with E-state index >= 15 is 0 Å². The number of hydrogen-bond donors (Lipinski definition) is 1. The van der Waals surface area contributed by atoms with Crippen molar-refractivity contribution in [2.24, 2.45) is 0 Å². The van der Waals surface area contributed by atoms with Gasteiger partial charge in [0, 0.05) is 13.2 Å². The number of hydrogen-bond acceptors (Lipinski definition) is 3. The van der Waals surface area contributed by atoms with E-state index in [-0.39, 0.29) is 12.6 Å². The summed E-state index contributed by atoms with van der Waals surface area (Å²) >= 11 is 0. The summed E-state index contributed by atoms with van der Waals surface area (Å²) in [7, 11) is 0. The summed E-state index contributed by atoms with van der Waals surface area (Å²) in [5, 5.41) is 2.30. The molecule has 0 heterocycles. The Balaban J connectivity index is 3.26. The van der Waals surface area contributed by atoms with E-state index in [4.69, 9.17) is 9.47 Å². The second-order valence-corrected chi connectivity index (χ2v) is 3.89. The maximum Gasteiger partial charge on any atom is 0.401 e. The molecule has 0 aromatic rings. The molecule has 17 heavy (non-hydrogen) atoms. The predicted molar refractivity (Wildman–Crippen MR) is 60.1 cm³/mol. The molecule has 0 bridgehead atoms. The Hall–Kier alpha value is -0.330. The van der Waals surface area contributed by atoms with E-state index in [9.17, 15) is 13.2 Å². The third-order valence-electron chi connectivity index (χ3n) is 2.03. The van der Waals surface area contributed by atoms with E-state index in [1.165, 1.54) is 0 Å². The highest BCUT2D eigenvalue weighted by molar-refractivity contribution is 4.59. The molecule has 3 nitrogen and oxygen atoms in total. The zero-order chi connectivity index (χ0) is 13.1. The molecule has 104 valence electrons. The Morgan fingerprint density at radius 1 is 1.18 bits per heavy atom. The fourth-order valence-electron chi connectivity index (χ4n) is 1.13. The number of halogens is 3. The van der Waals surface area contributed by atoms with Crippen LogP contribution in [0, 0.1) is 0 Å². The van der Waals surface area contributed by atoms with Crippen LogP contribution in [-0.2, 0) is 9.47 Å². The van der Waals surface area contributed by atoms with Gasteiger partial charge >= 0.3 is 6.18 Å². The zero-order valence-corrected chi connectivity index (χ0v) is 10.5. The number of unbranched alkanes of at least 4 members (excludes halogenated alkanes) is 1. The van der Waals surface area contributed by atoms with Crippen molar-refractivity contribution in [1.29, 1.82) is 0 Å². The van der Waals surface area contributed by atoms with Crippen LogP contribution in [0.4, 0.5) is 13.2 Å². The summed E-state index contributed by atoms with van der Waals surface area (Å²) in [6, 6.07) is 0. The first-order chi connectivity index (χ1) is 7.95. The van der Waals surface area contributed by atoms with Crippen molar-refractivity contribution in [2.45, 2.75) is 39.0 Å². The van der Waals surface area contributed by atoms with Gasteiger partial charge in [-0.1, -0.05) is 13.3 Å². The van der Waals surface area contributed by atoms with Gasteiger partial charge in [0.15, 0.2) is 0 Å². The van der Waals surface area contributed by atoms with Gasteiger partial charge in [-0.2, -0.15) is 13.2 Å². The summed E-state index contributed by atoms with van der Waals surface area (Å²) in [6.07, 6.45) is -2.31. The van der Waals surface area contributed by atoms with E-state index in [1.807, 2.05) is 0 Å². The normalized spacial score (nSPS) is 13.9. The number of ether oxygens (including phenoxy) is 2. The molecule has 6 heteroatoms. The molecule has 0 aliphatic heterocycles. The Kier molecular flexibility index (Phi) is 9.49. The van der Waals surface area contributed by atoms with Crippen molar-refractivity contribution in [3.8, 4) is 0 Å². The Morgan fingerprint density at radius 3 is 2.47 bits per heavy atom. The topological polar surface area (TPSA) is 30.5 Å². The molecule has 0 aromatic carbocycles. The van der Waals surface area contributed by atoms with Crippen LogP contribution in [-0.4, -0.2) is 45.2 Å². The van der Waals surface area contributed by atoms with Gasteiger partial charge < -0.3 is 14.8 Å². The molecular weight excluding hydrogens is 235 g/mol. The van der Waals surface area contributed by atoms with E-state index < -0.39 is 12.7 Å². The second-order valence-electron chi connectivity index (χ2n) is 3.89. The third-order valence-corrected chi connectivity index (χ3v) is 2.03. The molecule has 1 N–H and O–H groups in total. The lowest BCUT2D eigenvalue weighted by atomic mass is 10.4. The van der Waals surface area contributed by atoms with Crippen LogP contribution in [0.3, 0.4) is 0 Å². The van der Waals surface area contributed by atoms with Crippen molar-refractivity contribution >= 4 is 0 Å². The fourth-order valence-corrected chi connectivity index (χ4v) is 1.13. The average molecular weight is 257 g/mol. The van der Waals surface area contributed by atoms with E-state index in [0.717, 1.165) is 12.8 Å². The van der Waals surface area contributed by atoms with Crippen molar-refractivity contribution in [2.75, 3.05) is 32.9 Å². The van der Waals surface area contributed by atoms with E-state index in [0.29, 0.717) is 19.8 Å². The second kappa shape index (κ2) is 9.67. The highest BCUT2D eigenvalue weighted by Gasteiger charge is 2.26. The molecule has 0 amide bonds. The van der Waals surface area contributed by atoms with Crippen LogP contribution >= 0.6 is 0 Å². The number of rotatable bonds is 10. The largest absolute Gasteiger partial charge is 0.401 e. The maximum absolute atomic E-state index is 11.8. The van der Waals surface area contributed by atoms with Crippen LogP contribution in [0.15, 0.2) is 0 Å². The summed E-state index contributed by atoms with van der Waals surface area (Å²) in [6.45, 7) is 4.63. The summed E-state index contributed by atoms with van der Waals surface area (Å²) < 4.78 is 46.0. The molecule has 0 saturated heterocycles. The summed E-state index contributed by atoms with van der Waals surface area (Å²) in [4.78, 5) is 0. The van der Waals surface area contributed by atoms with Crippen molar-refractivity contribution in [1.82, 2.24) is 5.32 Å². The molecular formula is C11H22F3NO2. The van der Waals surface area contributed by atoms with Gasteiger partial charge in [-0.15, -0.1) is 0 Å². The molecule has 0 rings (SSSR count). The van der Waals surface area contributed by atoms with Gasteiger partial charge in [0.05, 0.1) is 25.9 Å². The molecule has 0 radical (unpaired) electrons. The lowest BCUT2D eigenvalue weighted by Crippen LogP contribution is -2.35. The number of alkyl halides is 3. The SMILES string of the molecule is CCCCOCCOC(C)CNCC(F)(F)F. The third kappa shape index (κ3) is 13.6. The van der Waals surface area contributed by atoms with Gasteiger partial charge in [-0.3, -0.25) is 0 Å². The van der Waals surface area contributed by atoms with Crippen molar-refractivity contribution in [3.05, 3.63) is 0 Å². The lowest BCUT2D eigenvalue weighted by molar-refractivity contribution is -0.125. The highest BCUT2D eigenvalue weighted by atomic mass is 19.4. The zero-order valence-electron chi connectivity index (χ0n) is 10.5. The molecule has 0 aliphatic carbocycles. The standard InChI is InChI=1S/C11H22F3NO2/c1-3-4-5-16-6-7-17-10(2)8-15-9-11(12,13)14/h10,15H,3-9H2,1-2H3. The van der Waals surface area contributed by atoms with Crippen LogP contribution in [0.2, 0.25) is 0 Å². The molecule has 0 aromatic heterocycles. The van der Waals surface area contributed by atoms with Crippen LogP contribution in [0.5, 0.6) is 0 Å². The highest BCUT2D eigenvalue weighted by Crippen LogP contribution is 2.12. The maximum atomic E-state index is 11.8. The Labute approximate surface area is 101 Å². The minimum Gasteiger partial charge on any atom is -0.379 e. The van der Waals surface area contributed by atoms with Gasteiger partial charge in [-0.05, 0) is 13.3 Å². The van der Waals surface area contributed by atoms with Gasteiger partial charge in [-0.25, -0.2) is 0 Å². The first kappa shape index (κ1) is 16.7. The van der Waals surface area contributed by atoms with Crippen molar-refractivity contribution in [3.63, 3.8) is 0 Å². The molecule has 0 fully saturated rings. The number of nitrogens with one attached hydrogen (secondary N) is 1. The van der Waals surface area contributed by atoms with Gasteiger partial charge in [0.2, 0.25) is 0 Å². The summed E-state index contributed by atoms with van der Waals surface area (Å²) in [5.41, 5.74) is 0. The van der Waals surface area contributed by atoms with Crippen molar-refractivity contribution < 1.29 is 22.6 Å². The molecule has 0 spiro atoms. The lowest BCUT2D eigenvalue weighted by Gasteiger charge is -2.15. The van der Waals surface area contributed by atoms with Crippen LogP contribution in [0.1, 0.15) is 26.7 Å². The minimum absolute atomic E-state index is 0.189. The van der Waals surface area contributed by atoms with E-state index in [1.54, 1.807) is 6.92 Å². The predicted octanol–water partition coefficient (Wildman–Crippen LogP) is 2.36. The smallest absolute Gasteiger partial charge is 0.379 e. The molecule has 0 aliphatic rings. The summed E-state index contributed by atoms with van der Waals surface area (Å²) in [5.74, 6) is 0. The fraction of sp³-hybridized carbons (Fsp3) is 1.00. The van der Waals surface area contributed by atoms with Crippen LogP contribution in [0.25, 0.3) is 0 Å². The average Bonchev–Trinajstić information content (AvgIpc) is 2.21. The Bertz CT molecular complexity index is 177. The first-order valence-corrected chi connectivity index (χ1v) is 5.92. The quantitative estimate of drug-likeness (QED) is 0.609. The molecule has 1 atom stereocenters.